The maximum absolute atomic E-state index is 9.64. The quantitative estimate of drug-likeness (QED) is 0.456. The van der Waals surface area contributed by atoms with Gasteiger partial charge in [0.05, 0.1) is 17.7 Å². The third kappa shape index (κ3) is 4.67. The molecule has 0 aliphatic carbocycles. The Labute approximate surface area is 181 Å². The van der Waals surface area contributed by atoms with Gasteiger partial charge in [0.2, 0.25) is 0 Å². The Morgan fingerprint density at radius 2 is 1.97 bits per heavy atom. The number of halogens is 1. The standard InChI is InChI=1S/C24H24ClN3O2/c1-17-13-19(5-6-21(17)25)30-23-7-8-27-22-15-24(18(16-26)14-20(22)23)29-12-4-11-28-9-2-3-10-28/h5-8,13-15H,2-4,9-12H2,1H3. The largest absolute Gasteiger partial charge is 0.492 e. The molecule has 6 heteroatoms. The number of ether oxygens (including phenoxy) is 2. The van der Waals surface area contributed by atoms with Crippen LogP contribution in [0.25, 0.3) is 10.9 Å². The fourth-order valence-electron chi connectivity index (χ4n) is 3.73. The highest BCUT2D eigenvalue weighted by atomic mass is 35.5. The van der Waals surface area contributed by atoms with E-state index in [2.05, 4.69) is 16.0 Å². The van der Waals surface area contributed by atoms with Crippen molar-refractivity contribution in [3.8, 4) is 23.3 Å². The van der Waals surface area contributed by atoms with Crippen LogP contribution in [-0.2, 0) is 0 Å². The molecule has 0 N–H and O–H groups in total. The number of nitriles is 1. The Morgan fingerprint density at radius 3 is 2.73 bits per heavy atom. The van der Waals surface area contributed by atoms with E-state index in [0.29, 0.717) is 34.4 Å². The van der Waals surface area contributed by atoms with Gasteiger partial charge in [-0.1, -0.05) is 11.6 Å². The molecule has 2 heterocycles. The third-order valence-corrected chi connectivity index (χ3v) is 5.78. The molecule has 1 aromatic heterocycles. The summed E-state index contributed by atoms with van der Waals surface area (Å²) in [6.45, 7) is 5.91. The molecule has 0 spiro atoms. The van der Waals surface area contributed by atoms with Crippen LogP contribution < -0.4 is 9.47 Å². The number of rotatable bonds is 7. The number of pyridine rings is 1. The second kappa shape index (κ2) is 9.34. The van der Waals surface area contributed by atoms with Crippen LogP contribution in [0.3, 0.4) is 0 Å². The van der Waals surface area contributed by atoms with Crippen molar-refractivity contribution in [3.63, 3.8) is 0 Å². The monoisotopic (exact) mass is 421 g/mol. The van der Waals surface area contributed by atoms with E-state index in [0.717, 1.165) is 29.4 Å². The summed E-state index contributed by atoms with van der Waals surface area (Å²) in [5.41, 5.74) is 2.15. The molecular weight excluding hydrogens is 398 g/mol. The summed E-state index contributed by atoms with van der Waals surface area (Å²) < 4.78 is 12.0. The van der Waals surface area contributed by atoms with Crippen LogP contribution in [0.4, 0.5) is 0 Å². The van der Waals surface area contributed by atoms with Gasteiger partial charge in [0.1, 0.15) is 23.3 Å². The predicted octanol–water partition coefficient (Wildman–Crippen LogP) is 5.73. The van der Waals surface area contributed by atoms with E-state index < -0.39 is 0 Å². The number of hydrogen-bond acceptors (Lipinski definition) is 5. The number of fused-ring (bicyclic) bond motifs is 1. The summed E-state index contributed by atoms with van der Waals surface area (Å²) in [4.78, 5) is 6.90. The van der Waals surface area contributed by atoms with Crippen LogP contribution in [0, 0.1) is 18.3 Å². The number of aromatic nitrogens is 1. The van der Waals surface area contributed by atoms with Crippen LogP contribution >= 0.6 is 11.6 Å². The average Bonchev–Trinajstić information content (AvgIpc) is 3.27. The minimum atomic E-state index is 0.480. The molecule has 30 heavy (non-hydrogen) atoms. The molecule has 1 aliphatic rings. The van der Waals surface area contributed by atoms with Gasteiger partial charge in [-0.2, -0.15) is 5.26 Å². The molecular formula is C24H24ClN3O2. The maximum Gasteiger partial charge on any atom is 0.139 e. The second-order valence-corrected chi connectivity index (χ2v) is 7.96. The molecule has 0 bridgehead atoms. The summed E-state index contributed by atoms with van der Waals surface area (Å²) in [6, 6.07) is 13.2. The number of nitrogens with zero attached hydrogens (tertiary/aromatic N) is 3. The van der Waals surface area contributed by atoms with Crippen molar-refractivity contribution >= 4 is 22.5 Å². The topological polar surface area (TPSA) is 58.4 Å². The van der Waals surface area contributed by atoms with Gasteiger partial charge in [-0.05, 0) is 75.2 Å². The van der Waals surface area contributed by atoms with Crippen molar-refractivity contribution in [2.24, 2.45) is 0 Å². The Bertz CT molecular complexity index is 1090. The zero-order valence-electron chi connectivity index (χ0n) is 17.0. The van der Waals surface area contributed by atoms with Crippen molar-refractivity contribution in [1.82, 2.24) is 9.88 Å². The van der Waals surface area contributed by atoms with Crippen molar-refractivity contribution in [2.45, 2.75) is 26.2 Å². The molecule has 3 aromatic rings. The summed E-state index contributed by atoms with van der Waals surface area (Å²) in [6.07, 6.45) is 5.21. The van der Waals surface area contributed by atoms with E-state index >= 15 is 0 Å². The van der Waals surface area contributed by atoms with E-state index in [-0.39, 0.29) is 0 Å². The van der Waals surface area contributed by atoms with E-state index in [4.69, 9.17) is 21.1 Å². The first kappa shape index (κ1) is 20.5. The van der Waals surface area contributed by atoms with Gasteiger partial charge in [0, 0.05) is 29.2 Å². The molecule has 0 unspecified atom stereocenters. The Balaban J connectivity index is 1.52. The normalized spacial score (nSPS) is 14.0. The number of aryl methyl sites for hydroxylation is 1. The van der Waals surface area contributed by atoms with Crippen LogP contribution in [0.15, 0.2) is 42.6 Å². The molecule has 2 aromatic carbocycles. The molecule has 1 aliphatic heterocycles. The van der Waals surface area contributed by atoms with Gasteiger partial charge in [-0.15, -0.1) is 0 Å². The first-order valence-corrected chi connectivity index (χ1v) is 10.6. The van der Waals surface area contributed by atoms with Gasteiger partial charge in [-0.3, -0.25) is 4.98 Å². The molecule has 1 fully saturated rings. The zero-order valence-corrected chi connectivity index (χ0v) is 17.8. The van der Waals surface area contributed by atoms with E-state index in [1.54, 1.807) is 18.3 Å². The summed E-state index contributed by atoms with van der Waals surface area (Å²) >= 11 is 6.11. The fraction of sp³-hybridized carbons (Fsp3) is 0.333. The van der Waals surface area contributed by atoms with Gasteiger partial charge >= 0.3 is 0 Å². The SMILES string of the molecule is Cc1cc(Oc2ccnc3cc(OCCCN4CCCC4)c(C#N)cc23)ccc1Cl. The number of benzene rings is 2. The average molecular weight is 422 g/mol. The molecule has 0 radical (unpaired) electrons. The predicted molar refractivity (Wildman–Crippen MR) is 119 cm³/mol. The Morgan fingerprint density at radius 1 is 1.13 bits per heavy atom. The second-order valence-electron chi connectivity index (χ2n) is 7.55. The highest BCUT2D eigenvalue weighted by molar-refractivity contribution is 6.31. The Kier molecular flexibility index (Phi) is 6.37. The minimum Gasteiger partial charge on any atom is -0.492 e. The van der Waals surface area contributed by atoms with Crippen LogP contribution in [0.1, 0.15) is 30.4 Å². The number of hydrogen-bond donors (Lipinski definition) is 0. The van der Waals surface area contributed by atoms with Crippen molar-refractivity contribution in [2.75, 3.05) is 26.2 Å². The lowest BCUT2D eigenvalue weighted by Gasteiger charge is -2.15. The minimum absolute atomic E-state index is 0.480. The molecule has 1 saturated heterocycles. The molecule has 5 nitrogen and oxygen atoms in total. The van der Waals surface area contributed by atoms with Crippen LogP contribution in [-0.4, -0.2) is 36.1 Å². The highest BCUT2D eigenvalue weighted by Gasteiger charge is 2.13. The first-order chi connectivity index (χ1) is 14.6. The van der Waals surface area contributed by atoms with Gasteiger partial charge < -0.3 is 14.4 Å². The summed E-state index contributed by atoms with van der Waals surface area (Å²) in [5.74, 6) is 1.89. The lowest BCUT2D eigenvalue weighted by molar-refractivity contribution is 0.263. The molecule has 4 rings (SSSR count). The fourth-order valence-corrected chi connectivity index (χ4v) is 3.85. The van der Waals surface area contributed by atoms with Crippen molar-refractivity contribution in [1.29, 1.82) is 5.26 Å². The summed E-state index contributed by atoms with van der Waals surface area (Å²) in [5, 5.41) is 11.1. The maximum atomic E-state index is 9.64. The smallest absolute Gasteiger partial charge is 0.139 e. The zero-order chi connectivity index (χ0) is 20.9. The first-order valence-electron chi connectivity index (χ1n) is 10.3. The van der Waals surface area contributed by atoms with Gasteiger partial charge in [-0.25, -0.2) is 0 Å². The van der Waals surface area contributed by atoms with Crippen LogP contribution in [0.5, 0.6) is 17.2 Å². The lowest BCUT2D eigenvalue weighted by Crippen LogP contribution is -2.22. The molecule has 0 saturated carbocycles. The molecule has 0 amide bonds. The van der Waals surface area contributed by atoms with E-state index in [9.17, 15) is 5.26 Å². The van der Waals surface area contributed by atoms with E-state index in [1.165, 1.54) is 25.9 Å². The van der Waals surface area contributed by atoms with Crippen LogP contribution in [0.2, 0.25) is 5.02 Å². The molecule has 0 atom stereocenters. The van der Waals surface area contributed by atoms with E-state index in [1.807, 2.05) is 31.2 Å². The Hall–Kier alpha value is -2.81. The third-order valence-electron chi connectivity index (χ3n) is 5.36. The van der Waals surface area contributed by atoms with Gasteiger partial charge in [0.25, 0.3) is 0 Å². The lowest BCUT2D eigenvalue weighted by atomic mass is 10.1. The van der Waals surface area contributed by atoms with Crippen molar-refractivity contribution < 1.29 is 9.47 Å². The summed E-state index contributed by atoms with van der Waals surface area (Å²) in [7, 11) is 0. The van der Waals surface area contributed by atoms with Gasteiger partial charge in [0.15, 0.2) is 0 Å². The molecule has 154 valence electrons. The number of likely N-dealkylation sites (tertiary alicyclic amines) is 1. The highest BCUT2D eigenvalue weighted by Crippen LogP contribution is 2.34. The van der Waals surface area contributed by atoms with Crippen molar-refractivity contribution in [3.05, 3.63) is 58.7 Å².